The smallest absolute Gasteiger partial charge is 0.356 e. The molecular weight excluding hydrogens is 554 g/mol. The molecule has 0 unspecified atom stereocenters. The number of Topliss-reactive ketones (excluding diaryl/α,β-unsaturated/α-hetero) is 2. The predicted octanol–water partition coefficient (Wildman–Crippen LogP) is 5.11. The van der Waals surface area contributed by atoms with Crippen molar-refractivity contribution in [2.45, 2.75) is 65.7 Å². The third-order valence-corrected chi connectivity index (χ3v) is 6.80. The number of aryl methyl sites for hydroxylation is 1. The zero-order valence-electron chi connectivity index (χ0n) is 24.5. The molecule has 2 aliphatic carbocycles. The standard InChI is InChI=1S/C11H11NO.2C10H12N2O3/c1-2-11-12-8-10(13-11)9-6-4-3-5-7-9;2*1-2-15-10(14)9-6-4-3-5-7(13)8(6)11-12-9/h3-8H,2H2,1H3;2*2-5H2,1H3,(H,11,12). The lowest BCUT2D eigenvalue weighted by molar-refractivity contribution is 0.0508. The van der Waals surface area contributed by atoms with Gasteiger partial charge in [0.25, 0.3) is 0 Å². The van der Waals surface area contributed by atoms with Crippen LogP contribution in [-0.2, 0) is 28.7 Å². The molecule has 0 bridgehead atoms. The Morgan fingerprint density at radius 2 is 1.30 bits per heavy atom. The number of ketones is 2. The molecule has 0 fully saturated rings. The largest absolute Gasteiger partial charge is 0.461 e. The van der Waals surface area contributed by atoms with Crippen molar-refractivity contribution < 1.29 is 33.1 Å². The van der Waals surface area contributed by atoms with E-state index >= 15 is 0 Å². The van der Waals surface area contributed by atoms with Crippen LogP contribution in [0.2, 0.25) is 0 Å². The molecule has 4 aromatic rings. The highest BCUT2D eigenvalue weighted by Crippen LogP contribution is 2.24. The molecule has 0 saturated carbocycles. The summed E-state index contributed by atoms with van der Waals surface area (Å²) in [7, 11) is 0. The lowest BCUT2D eigenvalue weighted by Gasteiger charge is -2.09. The summed E-state index contributed by atoms with van der Waals surface area (Å²) in [5, 5.41) is 12.9. The molecule has 0 spiro atoms. The quantitative estimate of drug-likeness (QED) is 0.288. The van der Waals surface area contributed by atoms with E-state index in [2.05, 4.69) is 25.4 Å². The zero-order chi connectivity index (χ0) is 30.8. The summed E-state index contributed by atoms with van der Waals surface area (Å²) in [5.74, 6) is 0.782. The van der Waals surface area contributed by atoms with Gasteiger partial charge >= 0.3 is 11.9 Å². The number of aromatic nitrogens is 5. The number of nitrogens with one attached hydrogen (secondary N) is 2. The Morgan fingerprint density at radius 1 is 0.791 bits per heavy atom. The van der Waals surface area contributed by atoms with Crippen LogP contribution in [0.15, 0.2) is 40.9 Å². The maximum Gasteiger partial charge on any atom is 0.356 e. The van der Waals surface area contributed by atoms with Gasteiger partial charge in [-0.3, -0.25) is 19.8 Å². The van der Waals surface area contributed by atoms with Crippen molar-refractivity contribution in [3.63, 3.8) is 0 Å². The lowest BCUT2D eigenvalue weighted by atomic mass is 9.95. The van der Waals surface area contributed by atoms with Crippen LogP contribution in [0.5, 0.6) is 0 Å². The van der Waals surface area contributed by atoms with Crippen LogP contribution in [0.1, 0.15) is 105 Å². The van der Waals surface area contributed by atoms with Crippen LogP contribution in [0.4, 0.5) is 0 Å². The summed E-state index contributed by atoms with van der Waals surface area (Å²) in [6, 6.07) is 9.99. The number of oxazole rings is 1. The van der Waals surface area contributed by atoms with Gasteiger partial charge < -0.3 is 13.9 Å². The number of H-pyrrole nitrogens is 2. The number of hydrogen-bond donors (Lipinski definition) is 2. The average molecular weight is 590 g/mol. The third-order valence-electron chi connectivity index (χ3n) is 6.80. The van der Waals surface area contributed by atoms with E-state index in [-0.39, 0.29) is 11.6 Å². The van der Waals surface area contributed by atoms with Crippen LogP contribution in [0.3, 0.4) is 0 Å². The molecule has 3 heterocycles. The molecule has 6 rings (SSSR count). The van der Waals surface area contributed by atoms with Gasteiger partial charge in [-0.15, -0.1) is 0 Å². The maximum atomic E-state index is 11.5. The number of benzene rings is 1. The van der Waals surface area contributed by atoms with Crippen LogP contribution in [0, 0.1) is 0 Å². The second-order valence-electron chi connectivity index (χ2n) is 9.68. The summed E-state index contributed by atoms with van der Waals surface area (Å²) in [5.41, 5.74) is 3.98. The van der Waals surface area contributed by atoms with Gasteiger partial charge in [0.15, 0.2) is 23.2 Å². The molecule has 0 saturated heterocycles. The number of carbonyl (C=O) groups is 4. The number of aromatic amines is 2. The minimum Gasteiger partial charge on any atom is -0.461 e. The first-order valence-electron chi connectivity index (χ1n) is 14.4. The van der Waals surface area contributed by atoms with E-state index in [0.29, 0.717) is 72.8 Å². The first-order valence-corrected chi connectivity index (χ1v) is 14.4. The fourth-order valence-electron chi connectivity index (χ4n) is 4.72. The van der Waals surface area contributed by atoms with Crippen LogP contribution in [0.25, 0.3) is 11.3 Å². The monoisotopic (exact) mass is 589 g/mol. The minimum absolute atomic E-state index is 0.00282. The molecule has 2 aliphatic rings. The van der Waals surface area contributed by atoms with E-state index in [4.69, 9.17) is 13.9 Å². The highest BCUT2D eigenvalue weighted by molar-refractivity contribution is 6.01. The average Bonchev–Trinajstić information content (AvgIpc) is 3.78. The fourth-order valence-corrected chi connectivity index (χ4v) is 4.72. The molecule has 0 atom stereocenters. The van der Waals surface area contributed by atoms with Gasteiger partial charge in [0, 0.05) is 36.0 Å². The molecule has 0 aliphatic heterocycles. The number of carbonyl (C=O) groups excluding carboxylic acids is 4. The van der Waals surface area contributed by atoms with Crippen LogP contribution in [-0.4, -0.2) is 62.1 Å². The molecule has 0 amide bonds. The molecule has 0 radical (unpaired) electrons. The topological polar surface area (TPSA) is 170 Å². The second kappa shape index (κ2) is 14.9. The Kier molecular flexibility index (Phi) is 10.7. The number of nitrogens with zero attached hydrogens (tertiary/aromatic N) is 3. The van der Waals surface area contributed by atoms with E-state index in [1.807, 2.05) is 37.3 Å². The van der Waals surface area contributed by atoms with E-state index in [1.165, 1.54) is 0 Å². The Hall–Kier alpha value is -4.87. The predicted molar refractivity (Wildman–Crippen MR) is 155 cm³/mol. The number of rotatable bonds is 6. The molecule has 12 nitrogen and oxygen atoms in total. The molecule has 2 N–H and O–H groups in total. The van der Waals surface area contributed by atoms with Crippen LogP contribution < -0.4 is 0 Å². The van der Waals surface area contributed by atoms with Gasteiger partial charge in [-0.25, -0.2) is 14.6 Å². The Balaban J connectivity index is 0.000000148. The van der Waals surface area contributed by atoms with Crippen molar-refractivity contribution in [2.24, 2.45) is 0 Å². The fraction of sp³-hybridized carbons (Fsp3) is 0.387. The Labute approximate surface area is 248 Å². The highest BCUT2D eigenvalue weighted by atomic mass is 16.5. The third kappa shape index (κ3) is 7.51. The molecule has 12 heteroatoms. The first kappa shape index (κ1) is 31.1. The van der Waals surface area contributed by atoms with Crippen molar-refractivity contribution in [1.29, 1.82) is 0 Å². The van der Waals surface area contributed by atoms with E-state index < -0.39 is 11.9 Å². The zero-order valence-corrected chi connectivity index (χ0v) is 24.5. The molecular formula is C31H35N5O7. The summed E-state index contributed by atoms with van der Waals surface area (Å²) in [6.45, 7) is 6.15. The van der Waals surface area contributed by atoms with E-state index in [0.717, 1.165) is 36.5 Å². The second-order valence-corrected chi connectivity index (χ2v) is 9.68. The Morgan fingerprint density at radius 3 is 1.74 bits per heavy atom. The van der Waals surface area contributed by atoms with Crippen molar-refractivity contribution in [3.8, 4) is 11.3 Å². The van der Waals surface area contributed by atoms with E-state index in [1.54, 1.807) is 20.0 Å². The van der Waals surface area contributed by atoms with Gasteiger partial charge in [-0.2, -0.15) is 10.2 Å². The molecule has 226 valence electrons. The summed E-state index contributed by atoms with van der Waals surface area (Å²) in [4.78, 5) is 50.0. The van der Waals surface area contributed by atoms with Gasteiger partial charge in [0.1, 0.15) is 22.8 Å². The SMILES string of the molecule is CCOC(=O)c1[nH]nc2c1CCCC2=O.CCOC(=O)c1[nH]nc2c1CCCC2=O.CCc1ncc(-c2ccccc2)o1. The van der Waals surface area contributed by atoms with Crippen molar-refractivity contribution >= 4 is 23.5 Å². The van der Waals surface area contributed by atoms with Crippen LogP contribution >= 0.6 is 0 Å². The number of esters is 2. The van der Waals surface area contributed by atoms with Crippen molar-refractivity contribution in [2.75, 3.05) is 13.2 Å². The summed E-state index contributed by atoms with van der Waals surface area (Å²) in [6.07, 6.45) is 6.62. The van der Waals surface area contributed by atoms with Crippen molar-refractivity contribution in [1.82, 2.24) is 25.4 Å². The molecule has 43 heavy (non-hydrogen) atoms. The Bertz CT molecular complexity index is 1490. The van der Waals surface area contributed by atoms with Gasteiger partial charge in [-0.1, -0.05) is 37.3 Å². The maximum absolute atomic E-state index is 11.5. The van der Waals surface area contributed by atoms with Crippen molar-refractivity contribution in [3.05, 3.63) is 76.3 Å². The van der Waals surface area contributed by atoms with E-state index in [9.17, 15) is 19.2 Å². The summed E-state index contributed by atoms with van der Waals surface area (Å²) >= 11 is 0. The summed E-state index contributed by atoms with van der Waals surface area (Å²) < 4.78 is 15.2. The first-order chi connectivity index (χ1) is 20.9. The normalized spacial score (nSPS) is 13.5. The van der Waals surface area contributed by atoms with Gasteiger partial charge in [0.2, 0.25) is 0 Å². The molecule has 1 aromatic carbocycles. The van der Waals surface area contributed by atoms with Gasteiger partial charge in [-0.05, 0) is 39.5 Å². The minimum atomic E-state index is -0.430. The molecule has 3 aromatic heterocycles. The number of hydrogen-bond acceptors (Lipinski definition) is 10. The highest BCUT2D eigenvalue weighted by Gasteiger charge is 2.28. The number of fused-ring (bicyclic) bond motifs is 2. The van der Waals surface area contributed by atoms with Gasteiger partial charge in [0.05, 0.1) is 19.4 Å². The lowest BCUT2D eigenvalue weighted by Crippen LogP contribution is -2.13. The number of ether oxygens (including phenoxy) is 2.